The van der Waals surface area contributed by atoms with Crippen LogP contribution < -0.4 is 0 Å². The van der Waals surface area contributed by atoms with Crippen LogP contribution in [0.5, 0.6) is 0 Å². The van der Waals surface area contributed by atoms with Crippen LogP contribution in [0.3, 0.4) is 0 Å². The number of nitrogens with zero attached hydrogens (tertiary/aromatic N) is 2. The van der Waals surface area contributed by atoms with Crippen LogP contribution in [0.2, 0.25) is 0 Å². The number of hydrogen-bond acceptors (Lipinski definition) is 3. The smallest absolute Gasteiger partial charge is 0.262 e. The fourth-order valence-corrected chi connectivity index (χ4v) is 3.96. The topological polar surface area (TPSA) is 57.7 Å². The SMILES string of the molecule is CC(C(=O)N(Cc1cccc(Br)c1)C1CC1)N1C(=O)c2ccccc2C1=O. The summed E-state index contributed by atoms with van der Waals surface area (Å²) in [4.78, 5) is 41.5. The van der Waals surface area contributed by atoms with Gasteiger partial charge in [-0.25, -0.2) is 0 Å². The van der Waals surface area contributed by atoms with Gasteiger partial charge in [-0.15, -0.1) is 0 Å². The second-order valence-corrected chi connectivity index (χ2v) is 7.94. The maximum atomic E-state index is 13.2. The lowest BCUT2D eigenvalue weighted by Gasteiger charge is -2.29. The number of fused-ring (bicyclic) bond motifs is 1. The van der Waals surface area contributed by atoms with Crippen LogP contribution in [0, 0.1) is 0 Å². The summed E-state index contributed by atoms with van der Waals surface area (Å²) in [5.41, 5.74) is 1.75. The second kappa shape index (κ2) is 6.93. The van der Waals surface area contributed by atoms with Crippen LogP contribution in [-0.2, 0) is 11.3 Å². The van der Waals surface area contributed by atoms with E-state index in [1.165, 1.54) is 0 Å². The molecule has 2 aromatic carbocycles. The van der Waals surface area contributed by atoms with Gasteiger partial charge in [-0.3, -0.25) is 19.3 Å². The third-order valence-corrected chi connectivity index (χ3v) is 5.58. The number of imide groups is 1. The van der Waals surface area contributed by atoms with E-state index in [1.54, 1.807) is 36.1 Å². The summed E-state index contributed by atoms with van der Waals surface area (Å²) in [5, 5.41) is 0. The van der Waals surface area contributed by atoms with Crippen molar-refractivity contribution in [3.05, 3.63) is 69.7 Å². The minimum atomic E-state index is -0.829. The fraction of sp³-hybridized carbons (Fsp3) is 0.286. The molecule has 1 aliphatic heterocycles. The van der Waals surface area contributed by atoms with E-state index in [9.17, 15) is 14.4 Å². The van der Waals surface area contributed by atoms with Gasteiger partial charge >= 0.3 is 0 Å². The Bertz CT molecular complexity index is 904. The largest absolute Gasteiger partial charge is 0.334 e. The number of benzene rings is 2. The lowest BCUT2D eigenvalue weighted by molar-refractivity contribution is -0.136. The van der Waals surface area contributed by atoms with Crippen LogP contribution >= 0.6 is 15.9 Å². The van der Waals surface area contributed by atoms with Gasteiger partial charge in [0.1, 0.15) is 6.04 Å². The summed E-state index contributed by atoms with van der Waals surface area (Å²) in [6.45, 7) is 2.11. The molecule has 1 fully saturated rings. The normalized spacial score (nSPS) is 17.0. The van der Waals surface area contributed by atoms with Crippen molar-refractivity contribution in [3.8, 4) is 0 Å². The predicted molar refractivity (Wildman–Crippen MR) is 104 cm³/mol. The molecule has 0 aromatic heterocycles. The van der Waals surface area contributed by atoms with Crippen LogP contribution in [-0.4, -0.2) is 39.6 Å². The Kier molecular flexibility index (Phi) is 4.60. The standard InChI is InChI=1S/C21H19BrN2O3/c1-13(24-20(26)17-7-2-3-8-18(17)21(24)27)19(25)23(16-9-10-16)12-14-5-4-6-15(22)11-14/h2-8,11,13,16H,9-10,12H2,1H3. The molecule has 1 atom stereocenters. The van der Waals surface area contributed by atoms with Gasteiger partial charge in [0, 0.05) is 17.1 Å². The Labute approximate surface area is 166 Å². The van der Waals surface area contributed by atoms with Crippen molar-refractivity contribution in [1.29, 1.82) is 0 Å². The molecule has 138 valence electrons. The highest BCUT2D eigenvalue weighted by Gasteiger charge is 2.43. The summed E-state index contributed by atoms with van der Waals surface area (Å²) in [6, 6.07) is 13.9. The average molecular weight is 427 g/mol. The first-order valence-corrected chi connectivity index (χ1v) is 9.78. The van der Waals surface area contributed by atoms with Crippen molar-refractivity contribution >= 4 is 33.7 Å². The second-order valence-electron chi connectivity index (χ2n) is 7.03. The zero-order valence-corrected chi connectivity index (χ0v) is 16.5. The molecular weight excluding hydrogens is 408 g/mol. The summed E-state index contributed by atoms with van der Waals surface area (Å²) in [6.07, 6.45) is 1.91. The summed E-state index contributed by atoms with van der Waals surface area (Å²) in [7, 11) is 0. The number of halogens is 1. The van der Waals surface area contributed by atoms with Gasteiger partial charge in [0.05, 0.1) is 11.1 Å². The first kappa shape index (κ1) is 17.9. The van der Waals surface area contributed by atoms with Gasteiger partial charge in [0.25, 0.3) is 11.8 Å². The van der Waals surface area contributed by atoms with E-state index < -0.39 is 17.9 Å². The highest BCUT2D eigenvalue weighted by atomic mass is 79.9. The first-order chi connectivity index (χ1) is 13.0. The minimum Gasteiger partial charge on any atom is -0.334 e. The summed E-state index contributed by atoms with van der Waals surface area (Å²) < 4.78 is 0.955. The number of carbonyl (C=O) groups is 3. The van der Waals surface area contributed by atoms with Crippen molar-refractivity contribution in [2.45, 2.75) is 38.4 Å². The van der Waals surface area contributed by atoms with Gasteiger partial charge in [-0.2, -0.15) is 0 Å². The van der Waals surface area contributed by atoms with Crippen molar-refractivity contribution < 1.29 is 14.4 Å². The number of amides is 3. The molecule has 0 N–H and O–H groups in total. The molecule has 2 aromatic rings. The molecule has 2 aliphatic rings. The fourth-order valence-electron chi connectivity index (χ4n) is 3.52. The van der Waals surface area contributed by atoms with E-state index in [1.807, 2.05) is 24.3 Å². The number of rotatable bonds is 5. The zero-order chi connectivity index (χ0) is 19.1. The molecule has 1 heterocycles. The van der Waals surface area contributed by atoms with Gasteiger partial charge in [-0.1, -0.05) is 40.2 Å². The molecule has 27 heavy (non-hydrogen) atoms. The summed E-state index contributed by atoms with van der Waals surface area (Å²) >= 11 is 3.46. The van der Waals surface area contributed by atoms with Gasteiger partial charge in [-0.05, 0) is 49.6 Å². The number of hydrogen-bond donors (Lipinski definition) is 0. The van der Waals surface area contributed by atoms with Crippen molar-refractivity contribution in [3.63, 3.8) is 0 Å². The molecule has 0 bridgehead atoms. The first-order valence-electron chi connectivity index (χ1n) is 8.99. The van der Waals surface area contributed by atoms with E-state index in [2.05, 4.69) is 15.9 Å². The summed E-state index contributed by atoms with van der Waals surface area (Å²) in [5.74, 6) is -0.976. The quantitative estimate of drug-likeness (QED) is 0.685. The van der Waals surface area contributed by atoms with Crippen molar-refractivity contribution in [2.75, 3.05) is 0 Å². The van der Waals surface area contributed by atoms with E-state index in [-0.39, 0.29) is 11.9 Å². The van der Waals surface area contributed by atoms with E-state index in [0.717, 1.165) is 27.8 Å². The van der Waals surface area contributed by atoms with Gasteiger partial charge < -0.3 is 4.90 Å². The Morgan fingerprint density at radius 3 is 2.30 bits per heavy atom. The highest BCUT2D eigenvalue weighted by Crippen LogP contribution is 2.31. The Morgan fingerprint density at radius 2 is 1.74 bits per heavy atom. The van der Waals surface area contributed by atoms with Crippen LogP contribution in [0.1, 0.15) is 46.0 Å². The van der Waals surface area contributed by atoms with Crippen molar-refractivity contribution in [2.24, 2.45) is 0 Å². The van der Waals surface area contributed by atoms with E-state index in [4.69, 9.17) is 0 Å². The maximum Gasteiger partial charge on any atom is 0.262 e. The average Bonchev–Trinajstić information content (AvgIpc) is 3.47. The lowest BCUT2D eigenvalue weighted by atomic mass is 10.1. The van der Waals surface area contributed by atoms with Crippen LogP contribution in [0.25, 0.3) is 0 Å². The molecule has 4 rings (SSSR count). The minimum absolute atomic E-state index is 0.175. The molecule has 0 radical (unpaired) electrons. The van der Waals surface area contributed by atoms with Crippen molar-refractivity contribution in [1.82, 2.24) is 9.80 Å². The van der Waals surface area contributed by atoms with Crippen LogP contribution in [0.4, 0.5) is 0 Å². The predicted octanol–water partition coefficient (Wildman–Crippen LogP) is 3.62. The molecule has 1 saturated carbocycles. The van der Waals surface area contributed by atoms with Crippen LogP contribution in [0.15, 0.2) is 53.0 Å². The number of carbonyl (C=O) groups excluding carboxylic acids is 3. The lowest BCUT2D eigenvalue weighted by Crippen LogP contribution is -2.49. The highest BCUT2D eigenvalue weighted by molar-refractivity contribution is 9.10. The molecular formula is C21H19BrN2O3. The van der Waals surface area contributed by atoms with E-state index >= 15 is 0 Å². The van der Waals surface area contributed by atoms with E-state index in [0.29, 0.717) is 17.7 Å². The molecule has 6 heteroatoms. The third-order valence-electron chi connectivity index (χ3n) is 5.08. The third kappa shape index (κ3) is 3.30. The Morgan fingerprint density at radius 1 is 1.11 bits per heavy atom. The molecule has 0 saturated heterocycles. The molecule has 1 aliphatic carbocycles. The Balaban J connectivity index is 1.57. The molecule has 0 spiro atoms. The van der Waals surface area contributed by atoms with Gasteiger partial charge in [0.15, 0.2) is 0 Å². The Hall–Kier alpha value is -2.47. The van der Waals surface area contributed by atoms with Gasteiger partial charge in [0.2, 0.25) is 5.91 Å². The monoisotopic (exact) mass is 426 g/mol. The molecule has 3 amide bonds. The molecule has 1 unspecified atom stereocenters. The molecule has 5 nitrogen and oxygen atoms in total. The maximum absolute atomic E-state index is 13.2. The zero-order valence-electron chi connectivity index (χ0n) is 14.9.